The minimum Gasteiger partial charge on any atom is -0.349 e. The van der Waals surface area contributed by atoms with Crippen LogP contribution in [0.3, 0.4) is 0 Å². The van der Waals surface area contributed by atoms with Crippen LogP contribution < -0.4 is 11.1 Å². The molecule has 1 amide bonds. The number of carbonyl (C=O) groups excluding carboxylic acids is 1. The summed E-state index contributed by atoms with van der Waals surface area (Å²) in [6.45, 7) is 11.6. The smallest absolute Gasteiger partial charge is 0.227 e. The average molecular weight is 262 g/mol. The predicted octanol–water partition coefficient (Wildman–Crippen LogP) is 2.94. The van der Waals surface area contributed by atoms with Gasteiger partial charge in [0, 0.05) is 5.54 Å². The van der Waals surface area contributed by atoms with Gasteiger partial charge in [-0.05, 0) is 47.1 Å². The summed E-state index contributed by atoms with van der Waals surface area (Å²) >= 11 is 0. The van der Waals surface area contributed by atoms with Gasteiger partial charge in [-0.2, -0.15) is 0 Å². The van der Waals surface area contributed by atoms with E-state index < -0.39 is 11.0 Å². The summed E-state index contributed by atoms with van der Waals surface area (Å²) in [7, 11) is 0. The molecule has 1 aromatic rings. The Bertz CT molecular complexity index is 441. The van der Waals surface area contributed by atoms with Crippen LogP contribution in [0.1, 0.15) is 51.8 Å². The molecular weight excluding hydrogens is 236 g/mol. The highest BCUT2D eigenvalue weighted by Gasteiger charge is 2.40. The molecule has 0 aliphatic carbocycles. The van der Waals surface area contributed by atoms with Crippen LogP contribution in [0, 0.1) is 12.3 Å². The number of hydrogen-bond donors (Lipinski definition) is 2. The van der Waals surface area contributed by atoms with Crippen LogP contribution in [0.15, 0.2) is 24.3 Å². The molecule has 3 nitrogen and oxygen atoms in total. The maximum atomic E-state index is 12.4. The number of aryl methyl sites for hydroxylation is 1. The average Bonchev–Trinajstić information content (AvgIpc) is 2.28. The number of carbonyl (C=O) groups is 1. The molecule has 0 radical (unpaired) electrons. The second-order valence-electron chi connectivity index (χ2n) is 6.45. The molecule has 0 saturated heterocycles. The van der Waals surface area contributed by atoms with Gasteiger partial charge in [0.2, 0.25) is 5.91 Å². The molecule has 1 aromatic carbocycles. The molecule has 106 valence electrons. The highest BCUT2D eigenvalue weighted by atomic mass is 16.2. The minimum absolute atomic E-state index is 0.0188. The predicted molar refractivity (Wildman–Crippen MR) is 79.8 cm³/mol. The van der Waals surface area contributed by atoms with E-state index in [2.05, 4.69) is 17.4 Å². The van der Waals surface area contributed by atoms with Gasteiger partial charge in [-0.1, -0.05) is 29.8 Å². The summed E-state index contributed by atoms with van der Waals surface area (Å²) in [5.74, 6) is -0.0203. The molecule has 0 aliphatic rings. The summed E-state index contributed by atoms with van der Waals surface area (Å²) in [5, 5.41) is 3.04. The Balaban J connectivity index is 2.80. The first-order chi connectivity index (χ1) is 8.55. The lowest BCUT2D eigenvalue weighted by Crippen LogP contribution is -2.55. The van der Waals surface area contributed by atoms with E-state index in [0.29, 0.717) is 0 Å². The molecule has 0 saturated carbocycles. The zero-order chi connectivity index (χ0) is 14.8. The quantitative estimate of drug-likeness (QED) is 0.876. The van der Waals surface area contributed by atoms with Gasteiger partial charge in [-0.3, -0.25) is 4.79 Å². The SMILES string of the molecule is Cc1ccc(C(C)NC(=O)C(C)(C)C(C)(C)N)cc1. The van der Waals surface area contributed by atoms with Crippen LogP contribution in [-0.2, 0) is 4.79 Å². The monoisotopic (exact) mass is 262 g/mol. The summed E-state index contributed by atoms with van der Waals surface area (Å²) in [5.41, 5.74) is 7.22. The van der Waals surface area contributed by atoms with Crippen molar-refractivity contribution in [2.24, 2.45) is 11.1 Å². The third-order valence-electron chi connectivity index (χ3n) is 4.10. The Hall–Kier alpha value is -1.35. The molecule has 0 bridgehead atoms. The second kappa shape index (κ2) is 5.33. The standard InChI is InChI=1S/C16H26N2O/c1-11-7-9-13(10-8-11)12(2)18-14(19)15(3,4)16(5,6)17/h7-10,12H,17H2,1-6H3,(H,18,19). The first kappa shape index (κ1) is 15.7. The normalized spacial score (nSPS) is 14.1. The highest BCUT2D eigenvalue weighted by Crippen LogP contribution is 2.29. The fourth-order valence-electron chi connectivity index (χ4n) is 1.61. The number of benzene rings is 1. The van der Waals surface area contributed by atoms with Crippen molar-refractivity contribution in [3.8, 4) is 0 Å². The van der Waals surface area contributed by atoms with E-state index >= 15 is 0 Å². The Kier molecular flexibility index (Phi) is 4.41. The van der Waals surface area contributed by atoms with E-state index in [-0.39, 0.29) is 11.9 Å². The van der Waals surface area contributed by atoms with Crippen molar-refractivity contribution in [1.82, 2.24) is 5.32 Å². The summed E-state index contributed by atoms with van der Waals surface area (Å²) in [6, 6.07) is 8.17. The van der Waals surface area contributed by atoms with Crippen molar-refractivity contribution >= 4 is 5.91 Å². The fraction of sp³-hybridized carbons (Fsp3) is 0.562. The van der Waals surface area contributed by atoms with Gasteiger partial charge in [-0.25, -0.2) is 0 Å². The van der Waals surface area contributed by atoms with Crippen molar-refractivity contribution in [1.29, 1.82) is 0 Å². The number of amides is 1. The molecule has 0 aromatic heterocycles. The van der Waals surface area contributed by atoms with Crippen LogP contribution >= 0.6 is 0 Å². The van der Waals surface area contributed by atoms with Crippen molar-refractivity contribution in [2.45, 2.75) is 53.1 Å². The Labute approximate surface area is 116 Å². The van der Waals surface area contributed by atoms with Gasteiger partial charge in [0.25, 0.3) is 0 Å². The molecule has 0 heterocycles. The molecular formula is C16H26N2O. The molecule has 1 unspecified atom stereocenters. The first-order valence-corrected chi connectivity index (χ1v) is 6.72. The van der Waals surface area contributed by atoms with E-state index in [0.717, 1.165) is 5.56 Å². The molecule has 3 N–H and O–H groups in total. The third kappa shape index (κ3) is 3.57. The Morgan fingerprint density at radius 3 is 2.05 bits per heavy atom. The maximum absolute atomic E-state index is 12.4. The molecule has 1 atom stereocenters. The van der Waals surface area contributed by atoms with Crippen LogP contribution in [-0.4, -0.2) is 11.4 Å². The molecule has 0 aliphatic heterocycles. The minimum atomic E-state index is -0.619. The summed E-state index contributed by atoms with van der Waals surface area (Å²) in [6.07, 6.45) is 0. The number of nitrogens with one attached hydrogen (secondary N) is 1. The lowest BCUT2D eigenvalue weighted by molar-refractivity contribution is -0.132. The van der Waals surface area contributed by atoms with Crippen molar-refractivity contribution < 1.29 is 4.79 Å². The number of hydrogen-bond acceptors (Lipinski definition) is 2. The molecule has 1 rings (SSSR count). The van der Waals surface area contributed by atoms with Crippen molar-refractivity contribution in [2.75, 3.05) is 0 Å². The van der Waals surface area contributed by atoms with Crippen LogP contribution in [0.25, 0.3) is 0 Å². The Morgan fingerprint density at radius 2 is 1.63 bits per heavy atom. The van der Waals surface area contributed by atoms with E-state index in [1.807, 2.05) is 53.7 Å². The van der Waals surface area contributed by atoms with E-state index in [1.54, 1.807) is 0 Å². The van der Waals surface area contributed by atoms with Crippen LogP contribution in [0.2, 0.25) is 0 Å². The van der Waals surface area contributed by atoms with Gasteiger partial charge in [0.05, 0.1) is 11.5 Å². The van der Waals surface area contributed by atoms with Crippen LogP contribution in [0.5, 0.6) is 0 Å². The van der Waals surface area contributed by atoms with Gasteiger partial charge >= 0.3 is 0 Å². The highest BCUT2D eigenvalue weighted by molar-refractivity contribution is 5.83. The summed E-state index contributed by atoms with van der Waals surface area (Å²) < 4.78 is 0. The molecule has 3 heteroatoms. The molecule has 19 heavy (non-hydrogen) atoms. The zero-order valence-corrected chi connectivity index (χ0v) is 12.9. The van der Waals surface area contributed by atoms with Crippen molar-refractivity contribution in [3.63, 3.8) is 0 Å². The van der Waals surface area contributed by atoms with E-state index in [9.17, 15) is 4.79 Å². The molecule has 0 fully saturated rings. The summed E-state index contributed by atoms with van der Waals surface area (Å²) in [4.78, 5) is 12.4. The maximum Gasteiger partial charge on any atom is 0.227 e. The topological polar surface area (TPSA) is 55.1 Å². The van der Waals surface area contributed by atoms with Crippen LogP contribution in [0.4, 0.5) is 0 Å². The number of nitrogens with two attached hydrogens (primary N) is 1. The van der Waals surface area contributed by atoms with E-state index in [4.69, 9.17) is 5.73 Å². The van der Waals surface area contributed by atoms with Gasteiger partial charge in [0.15, 0.2) is 0 Å². The molecule has 0 spiro atoms. The zero-order valence-electron chi connectivity index (χ0n) is 12.9. The fourth-order valence-corrected chi connectivity index (χ4v) is 1.61. The number of rotatable bonds is 4. The van der Waals surface area contributed by atoms with Crippen molar-refractivity contribution in [3.05, 3.63) is 35.4 Å². The van der Waals surface area contributed by atoms with Gasteiger partial charge in [-0.15, -0.1) is 0 Å². The van der Waals surface area contributed by atoms with E-state index in [1.165, 1.54) is 5.56 Å². The largest absolute Gasteiger partial charge is 0.349 e. The lowest BCUT2D eigenvalue weighted by Gasteiger charge is -2.37. The lowest BCUT2D eigenvalue weighted by atomic mass is 9.74. The first-order valence-electron chi connectivity index (χ1n) is 6.72. The van der Waals surface area contributed by atoms with Gasteiger partial charge in [0.1, 0.15) is 0 Å². The third-order valence-corrected chi connectivity index (χ3v) is 4.10. The second-order valence-corrected chi connectivity index (χ2v) is 6.45. The van der Waals surface area contributed by atoms with Gasteiger partial charge < -0.3 is 11.1 Å². The Morgan fingerprint density at radius 1 is 1.16 bits per heavy atom.